The maximum atomic E-state index is 12.3. The Bertz CT molecular complexity index is 520. The van der Waals surface area contributed by atoms with Crippen molar-refractivity contribution in [2.75, 3.05) is 25.4 Å². The Hall–Kier alpha value is -0.680. The molecule has 116 valence electrons. The minimum Gasteiger partial charge on any atom is -0.348 e. The first-order valence-corrected chi connectivity index (χ1v) is 8.16. The van der Waals surface area contributed by atoms with Crippen LogP contribution in [0, 0.1) is 0 Å². The van der Waals surface area contributed by atoms with Gasteiger partial charge in [-0.05, 0) is 36.9 Å². The highest BCUT2D eigenvalue weighted by Crippen LogP contribution is 2.25. The van der Waals surface area contributed by atoms with Crippen LogP contribution in [0.4, 0.5) is 0 Å². The average Bonchev–Trinajstić information content (AvgIpc) is 2.48. The van der Waals surface area contributed by atoms with E-state index < -0.39 is 0 Å². The first-order chi connectivity index (χ1) is 9.70. The minimum absolute atomic E-state index is 0. The highest BCUT2D eigenvalue weighted by molar-refractivity contribution is 7.99. The van der Waals surface area contributed by atoms with E-state index in [9.17, 15) is 4.79 Å². The predicted octanol–water partition coefficient (Wildman–Crippen LogP) is 3.52. The van der Waals surface area contributed by atoms with Crippen molar-refractivity contribution in [3.8, 4) is 0 Å². The van der Waals surface area contributed by atoms with Gasteiger partial charge < -0.3 is 10.6 Å². The van der Waals surface area contributed by atoms with Gasteiger partial charge in [0, 0.05) is 23.0 Å². The molecule has 1 aliphatic heterocycles. The van der Waals surface area contributed by atoms with E-state index in [2.05, 4.69) is 23.6 Å². The Morgan fingerprint density at radius 2 is 2.29 bits per heavy atom. The quantitative estimate of drug-likeness (QED) is 0.633. The number of halogens is 2. The van der Waals surface area contributed by atoms with Crippen LogP contribution in [-0.4, -0.2) is 31.3 Å². The molecule has 0 spiro atoms. The summed E-state index contributed by atoms with van der Waals surface area (Å²) in [4.78, 5) is 13.3. The lowest BCUT2D eigenvalue weighted by Crippen LogP contribution is -2.29. The molecule has 3 nitrogen and oxygen atoms in total. The fraction of sp³-hybridized carbons (Fsp3) is 0.400. The predicted molar refractivity (Wildman–Crippen MR) is 93.0 cm³/mol. The van der Waals surface area contributed by atoms with Gasteiger partial charge in [0.15, 0.2) is 0 Å². The monoisotopic (exact) mass is 346 g/mol. The number of thioether (sulfide) groups is 1. The van der Waals surface area contributed by atoms with E-state index in [0.29, 0.717) is 17.1 Å². The van der Waals surface area contributed by atoms with Crippen molar-refractivity contribution in [3.63, 3.8) is 0 Å². The van der Waals surface area contributed by atoms with E-state index in [1.807, 2.05) is 12.1 Å². The summed E-state index contributed by atoms with van der Waals surface area (Å²) in [5, 5.41) is 6.84. The van der Waals surface area contributed by atoms with Crippen LogP contribution in [0.2, 0.25) is 5.02 Å². The van der Waals surface area contributed by atoms with E-state index in [4.69, 9.17) is 11.6 Å². The number of carbonyl (C=O) groups is 1. The number of hydrogen-bond acceptors (Lipinski definition) is 3. The summed E-state index contributed by atoms with van der Waals surface area (Å²) in [6.45, 7) is 4.55. The topological polar surface area (TPSA) is 41.1 Å². The molecular formula is C15H20Cl2N2OS. The Labute approximate surface area is 141 Å². The standard InChI is InChI=1S/C15H19ClN2OS.ClH/c1-2-20-14-4-3-12(16)9-13(14)15(19)18-10-11-5-7-17-8-6-11;/h3-5,9,17H,2,6-8,10H2,1H3,(H,18,19);1H. The smallest absolute Gasteiger partial charge is 0.252 e. The second-order valence-electron chi connectivity index (χ2n) is 4.57. The number of rotatable bonds is 5. The van der Waals surface area contributed by atoms with Crippen LogP contribution in [0.1, 0.15) is 23.7 Å². The molecule has 1 aliphatic rings. The van der Waals surface area contributed by atoms with Crippen LogP contribution in [0.15, 0.2) is 34.7 Å². The summed E-state index contributed by atoms with van der Waals surface area (Å²) in [5.41, 5.74) is 1.95. The van der Waals surface area contributed by atoms with Crippen LogP contribution in [0.25, 0.3) is 0 Å². The molecule has 0 unspecified atom stereocenters. The highest BCUT2D eigenvalue weighted by Gasteiger charge is 2.13. The second-order valence-corrected chi connectivity index (χ2v) is 6.31. The molecule has 0 fully saturated rings. The number of benzene rings is 1. The van der Waals surface area contributed by atoms with Gasteiger partial charge in [0.1, 0.15) is 0 Å². The van der Waals surface area contributed by atoms with Crippen molar-refractivity contribution in [1.29, 1.82) is 0 Å². The van der Waals surface area contributed by atoms with Crippen molar-refractivity contribution in [2.24, 2.45) is 0 Å². The molecule has 0 atom stereocenters. The van der Waals surface area contributed by atoms with Gasteiger partial charge in [-0.25, -0.2) is 0 Å². The molecule has 0 radical (unpaired) electrons. The summed E-state index contributed by atoms with van der Waals surface area (Å²) < 4.78 is 0. The van der Waals surface area contributed by atoms with Crippen molar-refractivity contribution in [3.05, 3.63) is 40.4 Å². The molecule has 6 heteroatoms. The highest BCUT2D eigenvalue weighted by atomic mass is 35.5. The third-order valence-corrected chi connectivity index (χ3v) is 4.31. The molecule has 2 N–H and O–H groups in total. The van der Waals surface area contributed by atoms with E-state index >= 15 is 0 Å². The largest absolute Gasteiger partial charge is 0.348 e. The SMILES string of the molecule is CCSc1ccc(Cl)cc1C(=O)NCC1=CCNCC1.Cl. The maximum Gasteiger partial charge on any atom is 0.252 e. The van der Waals surface area contributed by atoms with Crippen molar-refractivity contribution >= 4 is 41.7 Å². The number of hydrogen-bond donors (Lipinski definition) is 2. The van der Waals surface area contributed by atoms with Crippen molar-refractivity contribution in [1.82, 2.24) is 10.6 Å². The molecule has 0 aromatic heterocycles. The first kappa shape index (κ1) is 18.4. The zero-order valence-corrected chi connectivity index (χ0v) is 14.3. The molecule has 1 aromatic rings. The molecule has 0 saturated carbocycles. The van der Waals surface area contributed by atoms with E-state index in [-0.39, 0.29) is 18.3 Å². The molecule has 0 aliphatic carbocycles. The van der Waals surface area contributed by atoms with Crippen LogP contribution < -0.4 is 10.6 Å². The minimum atomic E-state index is -0.0529. The van der Waals surface area contributed by atoms with Gasteiger partial charge in [-0.15, -0.1) is 24.2 Å². The fourth-order valence-corrected chi connectivity index (χ4v) is 3.03. The second kappa shape index (κ2) is 9.36. The van der Waals surface area contributed by atoms with E-state index in [1.165, 1.54) is 5.57 Å². The van der Waals surface area contributed by atoms with Crippen LogP contribution in [0.3, 0.4) is 0 Å². The molecule has 1 amide bonds. The molecule has 2 rings (SSSR count). The molecule has 0 saturated heterocycles. The average molecular weight is 347 g/mol. The first-order valence-electron chi connectivity index (χ1n) is 6.80. The van der Waals surface area contributed by atoms with Crippen molar-refractivity contribution < 1.29 is 4.79 Å². The Morgan fingerprint density at radius 3 is 2.95 bits per heavy atom. The lowest BCUT2D eigenvalue weighted by Gasteiger charge is -2.15. The summed E-state index contributed by atoms with van der Waals surface area (Å²) >= 11 is 7.66. The lowest BCUT2D eigenvalue weighted by molar-refractivity contribution is 0.0953. The van der Waals surface area contributed by atoms with Crippen LogP contribution in [-0.2, 0) is 0 Å². The summed E-state index contributed by atoms with van der Waals surface area (Å²) in [7, 11) is 0. The summed E-state index contributed by atoms with van der Waals surface area (Å²) in [6.07, 6.45) is 3.13. The maximum absolute atomic E-state index is 12.3. The lowest BCUT2D eigenvalue weighted by atomic mass is 10.1. The third-order valence-electron chi connectivity index (χ3n) is 3.12. The zero-order chi connectivity index (χ0) is 14.4. The Morgan fingerprint density at radius 1 is 1.48 bits per heavy atom. The molecule has 1 heterocycles. The number of carbonyl (C=O) groups excluding carboxylic acids is 1. The fourth-order valence-electron chi connectivity index (χ4n) is 2.08. The molecule has 21 heavy (non-hydrogen) atoms. The molecule has 0 bridgehead atoms. The van der Waals surface area contributed by atoms with Gasteiger partial charge in [-0.1, -0.05) is 30.2 Å². The zero-order valence-electron chi connectivity index (χ0n) is 11.9. The van der Waals surface area contributed by atoms with Crippen molar-refractivity contribution in [2.45, 2.75) is 18.2 Å². The van der Waals surface area contributed by atoms with E-state index in [0.717, 1.165) is 30.2 Å². The summed E-state index contributed by atoms with van der Waals surface area (Å²) in [6, 6.07) is 5.48. The number of nitrogens with one attached hydrogen (secondary N) is 2. The van der Waals surface area contributed by atoms with Crippen LogP contribution in [0.5, 0.6) is 0 Å². The van der Waals surface area contributed by atoms with Gasteiger partial charge in [-0.3, -0.25) is 4.79 Å². The Balaban J connectivity index is 0.00000220. The molecule has 1 aromatic carbocycles. The van der Waals surface area contributed by atoms with Gasteiger partial charge in [-0.2, -0.15) is 0 Å². The van der Waals surface area contributed by atoms with Gasteiger partial charge in [0.25, 0.3) is 5.91 Å². The van der Waals surface area contributed by atoms with Crippen LogP contribution >= 0.6 is 35.8 Å². The third kappa shape index (κ3) is 5.55. The van der Waals surface area contributed by atoms with Gasteiger partial charge in [0.05, 0.1) is 5.56 Å². The van der Waals surface area contributed by atoms with Gasteiger partial charge in [0.2, 0.25) is 0 Å². The van der Waals surface area contributed by atoms with Gasteiger partial charge >= 0.3 is 0 Å². The Kier molecular flexibility index (Phi) is 8.19. The van der Waals surface area contributed by atoms with E-state index in [1.54, 1.807) is 17.8 Å². The normalized spacial score (nSPS) is 14.1. The number of amides is 1. The molecular weight excluding hydrogens is 327 g/mol. The summed E-state index contributed by atoms with van der Waals surface area (Å²) in [5.74, 6) is 0.876.